The van der Waals surface area contributed by atoms with Crippen LogP contribution in [0.4, 0.5) is 5.82 Å². The molecule has 112 valence electrons. The van der Waals surface area contributed by atoms with Crippen molar-refractivity contribution in [2.45, 2.75) is 32.8 Å². The van der Waals surface area contributed by atoms with E-state index in [4.69, 9.17) is 15.6 Å². The smallest absolute Gasteiger partial charge is 0.162 e. The average molecular weight is 286 g/mol. The highest BCUT2D eigenvalue weighted by Gasteiger charge is 2.29. The van der Waals surface area contributed by atoms with Crippen molar-refractivity contribution in [3.05, 3.63) is 41.7 Å². The molecular weight excluding hydrogens is 264 g/mol. The molecule has 2 aromatic rings. The van der Waals surface area contributed by atoms with E-state index in [2.05, 4.69) is 10.4 Å². The molecule has 1 heterocycles. The molecule has 0 aliphatic heterocycles. The van der Waals surface area contributed by atoms with Crippen molar-refractivity contribution in [1.82, 2.24) is 9.97 Å². The fraction of sp³-hybridized carbons (Fsp3) is 0.375. The summed E-state index contributed by atoms with van der Waals surface area (Å²) in [5, 5.41) is 0. The molecule has 0 radical (unpaired) electrons. The Bertz CT molecular complexity index is 609. The lowest BCUT2D eigenvalue weighted by Crippen LogP contribution is -2.28. The van der Waals surface area contributed by atoms with Crippen molar-refractivity contribution in [1.29, 1.82) is 0 Å². The fourth-order valence-electron chi connectivity index (χ4n) is 2.16. The summed E-state index contributed by atoms with van der Waals surface area (Å²) >= 11 is 0. The minimum Gasteiger partial charge on any atom is -0.371 e. The zero-order valence-corrected chi connectivity index (χ0v) is 13.0. The van der Waals surface area contributed by atoms with E-state index in [0.717, 1.165) is 23.2 Å². The Labute approximate surface area is 125 Å². The van der Waals surface area contributed by atoms with Gasteiger partial charge in [0.15, 0.2) is 5.82 Å². The van der Waals surface area contributed by atoms with Gasteiger partial charge in [-0.3, -0.25) is 0 Å². The molecule has 1 aromatic heterocycles. The molecule has 3 N–H and O–H groups in total. The summed E-state index contributed by atoms with van der Waals surface area (Å²) < 4.78 is 5.61. The lowest BCUT2D eigenvalue weighted by Gasteiger charge is -2.26. The number of aromatic nitrogens is 2. The molecule has 1 atom stereocenters. The molecule has 0 amide bonds. The Kier molecular flexibility index (Phi) is 4.55. The van der Waals surface area contributed by atoms with Gasteiger partial charge in [0.2, 0.25) is 0 Å². The first-order valence-electron chi connectivity index (χ1n) is 7.02. The van der Waals surface area contributed by atoms with Crippen LogP contribution in [0.3, 0.4) is 0 Å². The zero-order chi connectivity index (χ0) is 15.5. The van der Waals surface area contributed by atoms with Crippen LogP contribution in [0, 0.1) is 6.92 Å². The van der Waals surface area contributed by atoms with E-state index in [-0.39, 0.29) is 0 Å². The molecule has 0 aliphatic rings. The third-order valence-electron chi connectivity index (χ3n) is 3.93. The van der Waals surface area contributed by atoms with Crippen LogP contribution in [-0.2, 0) is 10.3 Å². The van der Waals surface area contributed by atoms with Crippen molar-refractivity contribution < 1.29 is 4.74 Å². The number of ether oxygens (including phenoxy) is 1. The molecule has 0 fully saturated rings. The summed E-state index contributed by atoms with van der Waals surface area (Å²) in [5.41, 5.74) is 4.94. The van der Waals surface area contributed by atoms with Crippen LogP contribution >= 0.6 is 0 Å². The maximum Gasteiger partial charge on any atom is 0.162 e. The maximum atomic E-state index is 5.61. The number of benzene rings is 1. The second-order valence-electron chi connectivity index (χ2n) is 5.17. The van der Waals surface area contributed by atoms with E-state index < -0.39 is 5.60 Å². The summed E-state index contributed by atoms with van der Waals surface area (Å²) in [4.78, 5) is 9.25. The van der Waals surface area contributed by atoms with E-state index in [0.29, 0.717) is 11.6 Å². The Balaban J connectivity index is 2.66. The second kappa shape index (κ2) is 6.20. The zero-order valence-electron chi connectivity index (χ0n) is 13.0. The summed E-state index contributed by atoms with van der Waals surface area (Å²) in [6, 6.07) is 10.0. The van der Waals surface area contributed by atoms with Crippen molar-refractivity contribution in [2.75, 3.05) is 12.5 Å². The number of hydrogen-bond donors (Lipinski definition) is 2. The molecule has 0 saturated heterocycles. The van der Waals surface area contributed by atoms with Gasteiger partial charge >= 0.3 is 0 Å². The fourth-order valence-corrected chi connectivity index (χ4v) is 2.16. The topological polar surface area (TPSA) is 73.1 Å². The average Bonchev–Trinajstić information content (AvgIpc) is 2.55. The number of hydrogen-bond acceptors (Lipinski definition) is 5. The summed E-state index contributed by atoms with van der Waals surface area (Å²) in [7, 11) is 1.67. The number of methoxy groups -OCH3 is 1. The molecule has 21 heavy (non-hydrogen) atoms. The van der Waals surface area contributed by atoms with Gasteiger partial charge in [-0.05, 0) is 20.3 Å². The van der Waals surface area contributed by atoms with Gasteiger partial charge in [0, 0.05) is 18.2 Å². The Morgan fingerprint density at radius 1 is 1.24 bits per heavy atom. The number of nitrogens with zero attached hydrogens (tertiary/aromatic N) is 2. The van der Waals surface area contributed by atoms with Gasteiger partial charge in [-0.15, -0.1) is 0 Å². The van der Waals surface area contributed by atoms with Crippen LogP contribution in [0.25, 0.3) is 11.3 Å². The van der Waals surface area contributed by atoms with Gasteiger partial charge in [0.25, 0.3) is 0 Å². The van der Waals surface area contributed by atoms with E-state index in [1.165, 1.54) is 0 Å². The third-order valence-corrected chi connectivity index (χ3v) is 3.93. The summed E-state index contributed by atoms with van der Waals surface area (Å²) in [6.07, 6.45) is 0.769. The highest BCUT2D eigenvalue weighted by molar-refractivity contribution is 5.68. The van der Waals surface area contributed by atoms with Gasteiger partial charge in [0.05, 0.1) is 5.69 Å². The first kappa shape index (κ1) is 15.4. The number of nitrogen functional groups attached to an aromatic ring is 1. The van der Waals surface area contributed by atoms with Crippen molar-refractivity contribution in [3.8, 4) is 11.3 Å². The highest BCUT2D eigenvalue weighted by Crippen LogP contribution is 2.31. The van der Waals surface area contributed by atoms with Crippen LogP contribution in [0.1, 0.15) is 31.7 Å². The van der Waals surface area contributed by atoms with Gasteiger partial charge in [-0.1, -0.05) is 37.3 Å². The van der Waals surface area contributed by atoms with E-state index in [1.54, 1.807) is 7.11 Å². The van der Waals surface area contributed by atoms with Crippen LogP contribution in [0.2, 0.25) is 0 Å². The minimum absolute atomic E-state index is 0.539. The number of nitrogens with one attached hydrogen (secondary N) is 1. The third kappa shape index (κ3) is 2.89. The number of nitrogens with two attached hydrogens (primary N) is 1. The van der Waals surface area contributed by atoms with E-state index in [1.807, 2.05) is 51.1 Å². The minimum atomic E-state index is -0.539. The van der Waals surface area contributed by atoms with Crippen molar-refractivity contribution in [2.24, 2.45) is 5.84 Å². The molecule has 5 heteroatoms. The van der Waals surface area contributed by atoms with Gasteiger partial charge < -0.3 is 10.2 Å². The lowest BCUT2D eigenvalue weighted by atomic mass is 10.0. The van der Waals surface area contributed by atoms with E-state index >= 15 is 0 Å². The summed E-state index contributed by atoms with van der Waals surface area (Å²) in [6.45, 7) is 5.98. The predicted molar refractivity (Wildman–Crippen MR) is 84.7 cm³/mol. The molecule has 0 bridgehead atoms. The highest BCUT2D eigenvalue weighted by atomic mass is 16.5. The molecule has 2 rings (SSSR count). The van der Waals surface area contributed by atoms with Gasteiger partial charge in [-0.25, -0.2) is 15.8 Å². The Hall–Kier alpha value is -1.98. The normalized spacial score (nSPS) is 13.8. The molecule has 0 aliphatic carbocycles. The van der Waals surface area contributed by atoms with Crippen molar-refractivity contribution in [3.63, 3.8) is 0 Å². The number of hydrazine groups is 1. The first-order chi connectivity index (χ1) is 10.1. The predicted octanol–water partition coefficient (Wildman–Crippen LogP) is 3.01. The SMILES string of the molecule is CCC(C)(OC)c1nc(NN)c(C)c(-c2ccccc2)n1. The molecule has 5 nitrogen and oxygen atoms in total. The van der Waals surface area contributed by atoms with E-state index in [9.17, 15) is 0 Å². The van der Waals surface area contributed by atoms with Gasteiger partial charge in [0.1, 0.15) is 11.4 Å². The molecule has 1 unspecified atom stereocenters. The largest absolute Gasteiger partial charge is 0.371 e. The Morgan fingerprint density at radius 3 is 2.43 bits per heavy atom. The molecule has 1 aromatic carbocycles. The maximum absolute atomic E-state index is 5.61. The summed E-state index contributed by atoms with van der Waals surface area (Å²) in [5.74, 6) is 6.86. The Morgan fingerprint density at radius 2 is 1.90 bits per heavy atom. The van der Waals surface area contributed by atoms with Crippen molar-refractivity contribution >= 4 is 5.82 Å². The standard InChI is InChI=1S/C16H22N4O/c1-5-16(3,21-4)15-18-13(11(2)14(19-15)20-17)12-9-7-6-8-10-12/h6-10H,5,17H2,1-4H3,(H,18,19,20). The van der Waals surface area contributed by atoms with Crippen LogP contribution in [-0.4, -0.2) is 17.1 Å². The number of rotatable bonds is 5. The molecule has 0 saturated carbocycles. The van der Waals surface area contributed by atoms with Crippen LogP contribution < -0.4 is 11.3 Å². The number of anilines is 1. The first-order valence-corrected chi connectivity index (χ1v) is 7.02. The second-order valence-corrected chi connectivity index (χ2v) is 5.17. The van der Waals surface area contributed by atoms with Crippen LogP contribution in [0.5, 0.6) is 0 Å². The van der Waals surface area contributed by atoms with Gasteiger partial charge in [-0.2, -0.15) is 0 Å². The monoisotopic (exact) mass is 286 g/mol. The van der Waals surface area contributed by atoms with Crippen LogP contribution in [0.15, 0.2) is 30.3 Å². The lowest BCUT2D eigenvalue weighted by molar-refractivity contribution is -0.00879. The molecular formula is C16H22N4O. The molecule has 0 spiro atoms. The quantitative estimate of drug-likeness (QED) is 0.653.